The molecule has 4 heteroatoms. The fraction of sp³-hybridized carbons (Fsp3) is 0.200. The molecule has 0 amide bonds. The van der Waals surface area contributed by atoms with Crippen molar-refractivity contribution in [1.82, 2.24) is 0 Å². The van der Waals surface area contributed by atoms with E-state index in [2.05, 4.69) is 15.9 Å². The predicted octanol–water partition coefficient (Wildman–Crippen LogP) is 5.26. The standard InChI is InChI=1S/C15H13BrClFO/c1-10-3-2-4-12(8-16)15(10)19-9-11-5-6-13(17)14(18)7-11/h2-7H,8-9H2,1H3. The van der Waals surface area contributed by atoms with Gasteiger partial charge in [-0.1, -0.05) is 51.8 Å². The SMILES string of the molecule is Cc1cccc(CBr)c1OCc1ccc(Cl)c(F)c1. The molecule has 0 fully saturated rings. The van der Waals surface area contributed by atoms with Crippen LogP contribution in [-0.2, 0) is 11.9 Å². The Kier molecular flexibility index (Phi) is 4.83. The highest BCUT2D eigenvalue weighted by Gasteiger charge is 2.07. The summed E-state index contributed by atoms with van der Waals surface area (Å²) in [4.78, 5) is 0. The Hall–Kier alpha value is -1.06. The Morgan fingerprint density at radius 3 is 2.74 bits per heavy atom. The van der Waals surface area contributed by atoms with Crippen LogP contribution in [0.1, 0.15) is 16.7 Å². The molecule has 2 aromatic rings. The number of hydrogen-bond donors (Lipinski definition) is 0. The van der Waals surface area contributed by atoms with Crippen LogP contribution in [-0.4, -0.2) is 0 Å². The molecule has 0 atom stereocenters. The van der Waals surface area contributed by atoms with Gasteiger partial charge in [-0.05, 0) is 30.2 Å². The Morgan fingerprint density at radius 2 is 2.05 bits per heavy atom. The molecule has 1 nitrogen and oxygen atoms in total. The molecule has 0 radical (unpaired) electrons. The van der Waals surface area contributed by atoms with Crippen LogP contribution >= 0.6 is 27.5 Å². The third kappa shape index (κ3) is 3.48. The highest BCUT2D eigenvalue weighted by atomic mass is 79.9. The molecule has 2 aromatic carbocycles. The van der Waals surface area contributed by atoms with Gasteiger partial charge < -0.3 is 4.74 Å². The van der Waals surface area contributed by atoms with Crippen molar-refractivity contribution >= 4 is 27.5 Å². The van der Waals surface area contributed by atoms with Crippen molar-refractivity contribution in [1.29, 1.82) is 0 Å². The first-order chi connectivity index (χ1) is 9.11. The summed E-state index contributed by atoms with van der Waals surface area (Å²) in [7, 11) is 0. The number of hydrogen-bond acceptors (Lipinski definition) is 1. The highest BCUT2D eigenvalue weighted by molar-refractivity contribution is 9.08. The summed E-state index contributed by atoms with van der Waals surface area (Å²) < 4.78 is 19.1. The number of benzene rings is 2. The monoisotopic (exact) mass is 342 g/mol. The first-order valence-corrected chi connectivity index (χ1v) is 7.33. The van der Waals surface area contributed by atoms with E-state index in [1.165, 1.54) is 6.07 Å². The molecule has 0 aromatic heterocycles. The molecule has 100 valence electrons. The molecular formula is C15H13BrClFO. The van der Waals surface area contributed by atoms with Gasteiger partial charge in [-0.15, -0.1) is 0 Å². The quantitative estimate of drug-likeness (QED) is 0.688. The van der Waals surface area contributed by atoms with Crippen LogP contribution < -0.4 is 4.74 Å². The fourth-order valence-corrected chi connectivity index (χ4v) is 2.37. The molecule has 19 heavy (non-hydrogen) atoms. The second kappa shape index (κ2) is 6.40. The zero-order chi connectivity index (χ0) is 13.8. The molecule has 0 N–H and O–H groups in total. The normalized spacial score (nSPS) is 10.5. The van der Waals surface area contributed by atoms with Crippen LogP contribution in [0, 0.1) is 12.7 Å². The van der Waals surface area contributed by atoms with Crippen molar-refractivity contribution < 1.29 is 9.13 Å². The van der Waals surface area contributed by atoms with Crippen LogP contribution in [0.25, 0.3) is 0 Å². The molecular weight excluding hydrogens is 331 g/mol. The van der Waals surface area contributed by atoms with Gasteiger partial charge in [-0.2, -0.15) is 0 Å². The van der Waals surface area contributed by atoms with Gasteiger partial charge >= 0.3 is 0 Å². The van der Waals surface area contributed by atoms with E-state index in [9.17, 15) is 4.39 Å². The van der Waals surface area contributed by atoms with Crippen molar-refractivity contribution in [2.75, 3.05) is 0 Å². The van der Waals surface area contributed by atoms with E-state index >= 15 is 0 Å². The first kappa shape index (κ1) is 14.4. The number of rotatable bonds is 4. The van der Waals surface area contributed by atoms with Crippen molar-refractivity contribution in [3.8, 4) is 5.75 Å². The van der Waals surface area contributed by atoms with Gasteiger partial charge in [0.25, 0.3) is 0 Å². The summed E-state index contributed by atoms with van der Waals surface area (Å²) in [6, 6.07) is 10.7. The van der Waals surface area contributed by atoms with E-state index in [-0.39, 0.29) is 5.02 Å². The van der Waals surface area contributed by atoms with Gasteiger partial charge in [-0.25, -0.2) is 4.39 Å². The largest absolute Gasteiger partial charge is 0.488 e. The fourth-order valence-electron chi connectivity index (χ4n) is 1.81. The summed E-state index contributed by atoms with van der Waals surface area (Å²) in [5.74, 6) is 0.419. The van der Waals surface area contributed by atoms with E-state index < -0.39 is 5.82 Å². The number of alkyl halides is 1. The smallest absolute Gasteiger partial charge is 0.142 e. The molecule has 0 aliphatic heterocycles. The van der Waals surface area contributed by atoms with Gasteiger partial charge in [-0.3, -0.25) is 0 Å². The third-order valence-corrected chi connectivity index (χ3v) is 3.72. The minimum absolute atomic E-state index is 0.126. The lowest BCUT2D eigenvalue weighted by atomic mass is 10.1. The molecule has 0 aliphatic rings. The van der Waals surface area contributed by atoms with E-state index in [4.69, 9.17) is 16.3 Å². The van der Waals surface area contributed by atoms with Crippen LogP contribution in [0.3, 0.4) is 0 Å². The van der Waals surface area contributed by atoms with E-state index in [1.54, 1.807) is 12.1 Å². The topological polar surface area (TPSA) is 9.23 Å². The minimum atomic E-state index is -0.423. The lowest BCUT2D eigenvalue weighted by Crippen LogP contribution is -2.00. The van der Waals surface area contributed by atoms with Crippen molar-refractivity contribution in [3.63, 3.8) is 0 Å². The number of halogens is 3. The predicted molar refractivity (Wildman–Crippen MR) is 79.6 cm³/mol. The lowest BCUT2D eigenvalue weighted by molar-refractivity contribution is 0.301. The van der Waals surface area contributed by atoms with Gasteiger partial charge in [0.05, 0.1) is 5.02 Å². The molecule has 0 aliphatic carbocycles. The minimum Gasteiger partial charge on any atom is -0.488 e. The van der Waals surface area contributed by atoms with Crippen LogP contribution in [0.4, 0.5) is 4.39 Å². The summed E-state index contributed by atoms with van der Waals surface area (Å²) in [5, 5.41) is 0.847. The lowest BCUT2D eigenvalue weighted by Gasteiger charge is -2.13. The molecule has 0 saturated carbocycles. The maximum absolute atomic E-state index is 13.3. The van der Waals surface area contributed by atoms with E-state index in [1.807, 2.05) is 25.1 Å². The molecule has 0 bridgehead atoms. The average molecular weight is 344 g/mol. The second-order valence-electron chi connectivity index (χ2n) is 4.23. The van der Waals surface area contributed by atoms with Gasteiger partial charge in [0.1, 0.15) is 18.2 Å². The molecule has 0 saturated heterocycles. The van der Waals surface area contributed by atoms with Gasteiger partial charge in [0, 0.05) is 10.9 Å². The molecule has 0 unspecified atom stereocenters. The Balaban J connectivity index is 2.16. The van der Waals surface area contributed by atoms with Crippen molar-refractivity contribution in [2.24, 2.45) is 0 Å². The first-order valence-electron chi connectivity index (χ1n) is 5.83. The zero-order valence-electron chi connectivity index (χ0n) is 10.4. The molecule has 0 spiro atoms. The van der Waals surface area contributed by atoms with Crippen molar-refractivity contribution in [3.05, 3.63) is 63.9 Å². The third-order valence-electron chi connectivity index (χ3n) is 2.80. The number of ether oxygens (including phenoxy) is 1. The van der Waals surface area contributed by atoms with Gasteiger partial charge in [0.15, 0.2) is 0 Å². The summed E-state index contributed by atoms with van der Waals surface area (Å²) in [6.45, 7) is 2.31. The van der Waals surface area contributed by atoms with Crippen LogP contribution in [0.5, 0.6) is 5.75 Å². The number of aryl methyl sites for hydroxylation is 1. The van der Waals surface area contributed by atoms with Crippen LogP contribution in [0.2, 0.25) is 5.02 Å². The van der Waals surface area contributed by atoms with Crippen LogP contribution in [0.15, 0.2) is 36.4 Å². The summed E-state index contributed by atoms with van der Waals surface area (Å²) in [6.07, 6.45) is 0. The van der Waals surface area contributed by atoms with E-state index in [0.717, 1.165) is 27.8 Å². The van der Waals surface area contributed by atoms with E-state index in [0.29, 0.717) is 6.61 Å². The second-order valence-corrected chi connectivity index (χ2v) is 5.20. The Bertz CT molecular complexity index is 586. The highest BCUT2D eigenvalue weighted by Crippen LogP contribution is 2.26. The Morgan fingerprint density at radius 1 is 1.26 bits per heavy atom. The number of para-hydroxylation sites is 1. The molecule has 2 rings (SSSR count). The van der Waals surface area contributed by atoms with Gasteiger partial charge in [0.2, 0.25) is 0 Å². The summed E-state index contributed by atoms with van der Waals surface area (Å²) >= 11 is 9.08. The maximum atomic E-state index is 13.3. The Labute approximate surface area is 125 Å². The molecule has 0 heterocycles. The average Bonchev–Trinajstić information content (AvgIpc) is 2.41. The van der Waals surface area contributed by atoms with Crippen molar-refractivity contribution in [2.45, 2.75) is 18.9 Å². The maximum Gasteiger partial charge on any atom is 0.142 e. The summed E-state index contributed by atoms with van der Waals surface area (Å²) in [5.41, 5.74) is 2.89. The zero-order valence-corrected chi connectivity index (χ0v) is 12.8.